The van der Waals surface area contributed by atoms with Crippen molar-refractivity contribution in [2.75, 3.05) is 0 Å². The van der Waals surface area contributed by atoms with Crippen LogP contribution < -0.4 is 0 Å². The van der Waals surface area contributed by atoms with E-state index >= 15 is 0 Å². The normalized spacial score (nSPS) is 10.9. The van der Waals surface area contributed by atoms with Crippen molar-refractivity contribution in [2.24, 2.45) is 0 Å². The Morgan fingerprint density at radius 2 is 2.21 bits per heavy atom. The first kappa shape index (κ1) is 11.5. The van der Waals surface area contributed by atoms with Crippen LogP contribution in [0.5, 0.6) is 0 Å². The SMILES string of the molecule is O=C(O)Cc1cn(Cc2cnoc2)c2ccccc12. The number of carbonyl (C=O) groups is 1. The van der Waals surface area contributed by atoms with Crippen molar-refractivity contribution in [3.63, 3.8) is 0 Å². The van der Waals surface area contributed by atoms with Crippen LogP contribution in [0.25, 0.3) is 10.9 Å². The van der Waals surface area contributed by atoms with Gasteiger partial charge in [0.25, 0.3) is 0 Å². The molecular weight excluding hydrogens is 244 g/mol. The van der Waals surface area contributed by atoms with E-state index in [1.165, 1.54) is 0 Å². The predicted molar refractivity (Wildman–Crippen MR) is 68.9 cm³/mol. The molecule has 3 aromatic rings. The van der Waals surface area contributed by atoms with E-state index in [2.05, 4.69) is 5.16 Å². The summed E-state index contributed by atoms with van der Waals surface area (Å²) in [6.45, 7) is 0.615. The first-order valence-corrected chi connectivity index (χ1v) is 5.91. The highest BCUT2D eigenvalue weighted by atomic mass is 16.5. The van der Waals surface area contributed by atoms with Gasteiger partial charge in [-0.1, -0.05) is 23.4 Å². The van der Waals surface area contributed by atoms with E-state index in [1.807, 2.05) is 35.0 Å². The molecular formula is C14H12N2O3. The minimum Gasteiger partial charge on any atom is -0.481 e. The van der Waals surface area contributed by atoms with Crippen molar-refractivity contribution in [3.8, 4) is 0 Å². The molecule has 0 unspecified atom stereocenters. The third-order valence-corrected chi connectivity index (χ3v) is 3.05. The monoisotopic (exact) mass is 256 g/mol. The fourth-order valence-electron chi connectivity index (χ4n) is 2.26. The molecule has 0 saturated heterocycles. The van der Waals surface area contributed by atoms with E-state index in [1.54, 1.807) is 12.5 Å². The molecule has 0 aliphatic heterocycles. The maximum absolute atomic E-state index is 10.9. The van der Waals surface area contributed by atoms with Gasteiger partial charge in [-0.3, -0.25) is 4.79 Å². The molecule has 2 aromatic heterocycles. The average Bonchev–Trinajstić information content (AvgIpc) is 2.99. The van der Waals surface area contributed by atoms with E-state index in [0.29, 0.717) is 6.54 Å². The van der Waals surface area contributed by atoms with E-state index in [9.17, 15) is 4.79 Å². The maximum atomic E-state index is 10.9. The zero-order valence-corrected chi connectivity index (χ0v) is 10.1. The smallest absolute Gasteiger partial charge is 0.307 e. The van der Waals surface area contributed by atoms with Crippen LogP contribution in [0.1, 0.15) is 11.1 Å². The molecule has 0 atom stereocenters. The van der Waals surface area contributed by atoms with Crippen molar-refractivity contribution in [1.29, 1.82) is 0 Å². The number of hydrogen-bond donors (Lipinski definition) is 1. The fourth-order valence-corrected chi connectivity index (χ4v) is 2.26. The van der Waals surface area contributed by atoms with Crippen LogP contribution in [0.15, 0.2) is 47.4 Å². The van der Waals surface area contributed by atoms with Gasteiger partial charge >= 0.3 is 5.97 Å². The number of carboxylic acid groups (broad SMARTS) is 1. The lowest BCUT2D eigenvalue weighted by Crippen LogP contribution is -1.99. The first-order valence-electron chi connectivity index (χ1n) is 5.91. The molecule has 0 spiro atoms. The highest BCUT2D eigenvalue weighted by Crippen LogP contribution is 2.22. The van der Waals surface area contributed by atoms with Crippen LogP contribution in [-0.4, -0.2) is 20.8 Å². The number of aliphatic carboxylic acids is 1. The molecule has 2 heterocycles. The lowest BCUT2D eigenvalue weighted by atomic mass is 10.1. The largest absolute Gasteiger partial charge is 0.481 e. The summed E-state index contributed by atoms with van der Waals surface area (Å²) in [6, 6.07) is 7.78. The predicted octanol–water partition coefficient (Wildman–Crippen LogP) is 2.30. The molecule has 5 heteroatoms. The van der Waals surface area contributed by atoms with Crippen LogP contribution in [0.3, 0.4) is 0 Å². The Bertz CT molecular complexity index is 713. The third kappa shape index (κ3) is 2.22. The summed E-state index contributed by atoms with van der Waals surface area (Å²) in [4.78, 5) is 10.9. The molecule has 1 aromatic carbocycles. The van der Waals surface area contributed by atoms with Crippen molar-refractivity contribution in [1.82, 2.24) is 9.72 Å². The molecule has 0 amide bonds. The Kier molecular flexibility index (Phi) is 2.79. The lowest BCUT2D eigenvalue weighted by molar-refractivity contribution is -0.136. The first-order chi connectivity index (χ1) is 9.24. The maximum Gasteiger partial charge on any atom is 0.307 e. The van der Waals surface area contributed by atoms with Gasteiger partial charge in [-0.2, -0.15) is 0 Å². The van der Waals surface area contributed by atoms with Gasteiger partial charge in [0.1, 0.15) is 6.26 Å². The standard InChI is InChI=1S/C14H12N2O3/c17-14(18)5-11-8-16(7-10-6-15-19-9-10)13-4-2-1-3-12(11)13/h1-4,6,8-9H,5,7H2,(H,17,18). The molecule has 0 saturated carbocycles. The zero-order valence-electron chi connectivity index (χ0n) is 10.1. The molecule has 0 aliphatic rings. The van der Waals surface area contributed by atoms with Crippen molar-refractivity contribution in [2.45, 2.75) is 13.0 Å². The second kappa shape index (κ2) is 4.61. The summed E-state index contributed by atoms with van der Waals surface area (Å²) in [7, 11) is 0. The summed E-state index contributed by atoms with van der Waals surface area (Å²) in [6.07, 6.45) is 5.15. The van der Waals surface area contributed by atoms with Crippen LogP contribution in [-0.2, 0) is 17.8 Å². The van der Waals surface area contributed by atoms with Gasteiger partial charge in [-0.25, -0.2) is 0 Å². The molecule has 0 bridgehead atoms. The topological polar surface area (TPSA) is 68.3 Å². The van der Waals surface area contributed by atoms with E-state index in [4.69, 9.17) is 9.63 Å². The molecule has 19 heavy (non-hydrogen) atoms. The van der Waals surface area contributed by atoms with E-state index < -0.39 is 5.97 Å². The van der Waals surface area contributed by atoms with Crippen molar-refractivity contribution >= 4 is 16.9 Å². The Labute approximate surface area is 109 Å². The number of carboxylic acids is 1. The summed E-state index contributed by atoms with van der Waals surface area (Å²) in [5.41, 5.74) is 2.78. The summed E-state index contributed by atoms with van der Waals surface area (Å²) < 4.78 is 6.83. The molecule has 1 N–H and O–H groups in total. The minimum absolute atomic E-state index is 0.0250. The summed E-state index contributed by atoms with van der Waals surface area (Å²) in [5, 5.41) is 13.6. The van der Waals surface area contributed by atoms with Gasteiger partial charge in [0.2, 0.25) is 0 Å². The van der Waals surface area contributed by atoms with Crippen molar-refractivity contribution in [3.05, 3.63) is 54.0 Å². The second-order valence-corrected chi connectivity index (χ2v) is 4.40. The van der Waals surface area contributed by atoms with Gasteiger partial charge < -0.3 is 14.2 Å². The lowest BCUT2D eigenvalue weighted by Gasteiger charge is -2.01. The molecule has 96 valence electrons. The van der Waals surface area contributed by atoms with Gasteiger partial charge in [0, 0.05) is 22.7 Å². The van der Waals surface area contributed by atoms with E-state index in [0.717, 1.165) is 22.0 Å². The average molecular weight is 256 g/mol. The molecule has 0 radical (unpaired) electrons. The number of benzene rings is 1. The Morgan fingerprint density at radius 3 is 2.95 bits per heavy atom. The Hall–Kier alpha value is -2.56. The number of rotatable bonds is 4. The molecule has 0 fully saturated rings. The zero-order chi connectivity index (χ0) is 13.2. The number of nitrogens with zero attached hydrogens (tertiary/aromatic N) is 2. The highest BCUT2D eigenvalue weighted by Gasteiger charge is 2.11. The summed E-state index contributed by atoms with van der Waals surface area (Å²) >= 11 is 0. The number of hydrogen-bond acceptors (Lipinski definition) is 3. The van der Waals surface area contributed by atoms with Crippen molar-refractivity contribution < 1.29 is 14.4 Å². The molecule has 5 nitrogen and oxygen atoms in total. The minimum atomic E-state index is -0.826. The Morgan fingerprint density at radius 1 is 1.37 bits per heavy atom. The number of fused-ring (bicyclic) bond motifs is 1. The van der Waals surface area contributed by atoms with Crippen LogP contribution >= 0.6 is 0 Å². The van der Waals surface area contributed by atoms with Crippen LogP contribution in [0.4, 0.5) is 0 Å². The summed E-state index contributed by atoms with van der Waals surface area (Å²) in [5.74, 6) is -0.826. The number of aromatic nitrogens is 2. The second-order valence-electron chi connectivity index (χ2n) is 4.40. The van der Waals surface area contributed by atoms with Gasteiger partial charge in [-0.15, -0.1) is 0 Å². The van der Waals surface area contributed by atoms with E-state index in [-0.39, 0.29) is 6.42 Å². The van der Waals surface area contributed by atoms with Gasteiger partial charge in [0.15, 0.2) is 0 Å². The Balaban J connectivity index is 2.06. The third-order valence-electron chi connectivity index (χ3n) is 3.05. The molecule has 0 aliphatic carbocycles. The fraction of sp³-hybridized carbons (Fsp3) is 0.143. The van der Waals surface area contributed by atoms with Crippen LogP contribution in [0, 0.1) is 0 Å². The number of para-hydroxylation sites is 1. The quantitative estimate of drug-likeness (QED) is 0.777. The van der Waals surface area contributed by atoms with Gasteiger partial charge in [-0.05, 0) is 11.6 Å². The van der Waals surface area contributed by atoms with Gasteiger partial charge in [0.05, 0.1) is 19.2 Å². The van der Waals surface area contributed by atoms with Crippen LogP contribution in [0.2, 0.25) is 0 Å². The molecule has 3 rings (SSSR count). The highest BCUT2D eigenvalue weighted by molar-refractivity contribution is 5.87.